The molecule has 4 N–H and O–H groups in total. The molecule has 1 saturated heterocycles. The fraction of sp³-hybridized carbons (Fsp3) is 0.273. The average molecular weight is 488 g/mol. The number of carbonyl (C=O) groups excluding carboxylic acids is 1. The number of aromatic nitrogens is 1. The molecule has 2 aromatic carbocycles. The van der Waals surface area contributed by atoms with Gasteiger partial charge in [0.1, 0.15) is 11.5 Å². The monoisotopic (exact) mass is 487 g/mol. The van der Waals surface area contributed by atoms with E-state index in [-0.39, 0.29) is 17.0 Å². The number of rotatable bonds is 1. The van der Waals surface area contributed by atoms with Crippen LogP contribution in [0.15, 0.2) is 48.5 Å². The van der Waals surface area contributed by atoms with Gasteiger partial charge in [-0.05, 0) is 72.9 Å². The number of halogens is 5. The molecule has 0 spiro atoms. The van der Waals surface area contributed by atoms with Gasteiger partial charge in [0.2, 0.25) is 5.91 Å². The quantitative estimate of drug-likeness (QED) is 0.394. The minimum Gasteiger partial charge on any atom is -0.398 e. The third kappa shape index (κ3) is 8.20. The SMILES string of the molecule is C1CCSCC1.NC(=O)c1ccc(F)cc1.Nc1cc(C(F)(F)F)nc2ccc(Cl)cc12. The third-order valence-corrected chi connectivity index (χ3v) is 5.69. The summed E-state index contributed by atoms with van der Waals surface area (Å²) in [4.78, 5) is 13.9. The zero-order valence-electron chi connectivity index (χ0n) is 17.0. The highest BCUT2D eigenvalue weighted by Gasteiger charge is 2.33. The van der Waals surface area contributed by atoms with Gasteiger partial charge in [-0.2, -0.15) is 24.9 Å². The number of nitrogen functional groups attached to an aromatic ring is 1. The summed E-state index contributed by atoms with van der Waals surface area (Å²) in [6, 6.07) is 10.2. The number of nitrogens with zero attached hydrogens (tertiary/aromatic N) is 1. The molecular formula is C22H22ClF4N3OS. The second kappa shape index (κ2) is 11.9. The van der Waals surface area contributed by atoms with Crippen LogP contribution in [0.2, 0.25) is 5.02 Å². The predicted octanol–water partition coefficient (Wildman–Crippen LogP) is 6.32. The highest BCUT2D eigenvalue weighted by Crippen LogP contribution is 2.32. The maximum Gasteiger partial charge on any atom is 0.433 e. The van der Waals surface area contributed by atoms with Crippen molar-refractivity contribution in [1.82, 2.24) is 4.98 Å². The molecule has 0 unspecified atom stereocenters. The molecule has 1 aliphatic rings. The maximum atomic E-state index is 12.4. The molecule has 1 aromatic heterocycles. The number of amides is 1. The van der Waals surface area contributed by atoms with E-state index in [1.807, 2.05) is 0 Å². The molecule has 172 valence electrons. The lowest BCUT2D eigenvalue weighted by Gasteiger charge is -2.09. The van der Waals surface area contributed by atoms with E-state index in [0.29, 0.717) is 16.0 Å². The normalized spacial score (nSPS) is 13.4. The smallest absolute Gasteiger partial charge is 0.398 e. The van der Waals surface area contributed by atoms with Gasteiger partial charge in [-0.3, -0.25) is 4.79 Å². The van der Waals surface area contributed by atoms with E-state index in [1.165, 1.54) is 73.2 Å². The number of thioether (sulfide) groups is 1. The number of nitrogens with two attached hydrogens (primary N) is 2. The molecule has 1 fully saturated rings. The molecule has 2 heterocycles. The van der Waals surface area contributed by atoms with Crippen LogP contribution in [0.25, 0.3) is 10.9 Å². The van der Waals surface area contributed by atoms with Gasteiger partial charge in [0.15, 0.2) is 0 Å². The van der Waals surface area contributed by atoms with Crippen molar-refractivity contribution in [1.29, 1.82) is 0 Å². The first-order valence-corrected chi connectivity index (χ1v) is 11.2. The van der Waals surface area contributed by atoms with Crippen LogP contribution in [0.4, 0.5) is 23.2 Å². The fourth-order valence-corrected chi connectivity index (χ4v) is 3.86. The standard InChI is InChI=1S/C10H6ClF3N2.C7H6FNO.C5H10S/c11-5-1-2-8-6(3-5)7(15)4-9(16-8)10(12,13)14;8-6-3-1-5(2-4-6)7(9)10;1-2-4-6-5-3-1/h1-4H,(H2,15,16);1-4H,(H2,9,10);1-5H2. The van der Waals surface area contributed by atoms with E-state index >= 15 is 0 Å². The molecular weight excluding hydrogens is 466 g/mol. The Morgan fingerprint density at radius 3 is 2.09 bits per heavy atom. The Balaban J connectivity index is 0.000000192. The summed E-state index contributed by atoms with van der Waals surface area (Å²) in [7, 11) is 0. The summed E-state index contributed by atoms with van der Waals surface area (Å²) in [6.07, 6.45) is -0.0930. The first kappa shape index (κ1) is 25.7. The van der Waals surface area contributed by atoms with Gasteiger partial charge in [0, 0.05) is 21.7 Å². The summed E-state index contributed by atoms with van der Waals surface area (Å²) in [5, 5.41) is 0.821. The predicted molar refractivity (Wildman–Crippen MR) is 122 cm³/mol. The van der Waals surface area contributed by atoms with Gasteiger partial charge in [-0.25, -0.2) is 9.37 Å². The Morgan fingerprint density at radius 2 is 1.62 bits per heavy atom. The van der Waals surface area contributed by atoms with Crippen LogP contribution >= 0.6 is 23.4 Å². The lowest BCUT2D eigenvalue weighted by Crippen LogP contribution is -2.10. The molecule has 0 bridgehead atoms. The van der Waals surface area contributed by atoms with Gasteiger partial charge in [-0.15, -0.1) is 0 Å². The first-order chi connectivity index (χ1) is 15.1. The van der Waals surface area contributed by atoms with Crippen LogP contribution in [0, 0.1) is 5.82 Å². The van der Waals surface area contributed by atoms with Gasteiger partial charge < -0.3 is 11.5 Å². The minimum atomic E-state index is -4.50. The van der Waals surface area contributed by atoms with E-state index in [9.17, 15) is 22.4 Å². The number of fused-ring (bicyclic) bond motifs is 1. The van der Waals surface area contributed by atoms with Gasteiger partial charge in [0.25, 0.3) is 0 Å². The van der Waals surface area contributed by atoms with Crippen LogP contribution in [-0.4, -0.2) is 22.4 Å². The zero-order chi connectivity index (χ0) is 23.7. The summed E-state index contributed by atoms with van der Waals surface area (Å²) in [5.41, 5.74) is 9.94. The van der Waals surface area contributed by atoms with Crippen molar-refractivity contribution in [3.63, 3.8) is 0 Å². The minimum absolute atomic E-state index is 0.0137. The molecule has 0 atom stereocenters. The highest BCUT2D eigenvalue weighted by molar-refractivity contribution is 7.99. The molecule has 0 aliphatic carbocycles. The Morgan fingerprint density at radius 1 is 1.00 bits per heavy atom. The molecule has 1 amide bonds. The van der Waals surface area contributed by atoms with Crippen LogP contribution in [0.5, 0.6) is 0 Å². The lowest BCUT2D eigenvalue weighted by molar-refractivity contribution is -0.140. The number of benzene rings is 2. The Labute approximate surface area is 192 Å². The Bertz CT molecular complexity index is 1030. The summed E-state index contributed by atoms with van der Waals surface area (Å²) < 4.78 is 49.5. The van der Waals surface area contributed by atoms with Crippen LogP contribution < -0.4 is 11.5 Å². The second-order valence-electron chi connectivity index (χ2n) is 6.80. The Kier molecular flexibility index (Phi) is 9.59. The van der Waals surface area contributed by atoms with Crippen LogP contribution in [-0.2, 0) is 6.18 Å². The van der Waals surface area contributed by atoms with Crippen molar-refractivity contribution < 1.29 is 22.4 Å². The number of anilines is 1. The summed E-state index contributed by atoms with van der Waals surface area (Å²) in [5.74, 6) is 1.92. The molecule has 10 heteroatoms. The van der Waals surface area contributed by atoms with Gasteiger partial charge in [0.05, 0.1) is 5.52 Å². The van der Waals surface area contributed by atoms with E-state index in [0.717, 1.165) is 6.07 Å². The number of carbonyl (C=O) groups is 1. The lowest BCUT2D eigenvalue weighted by atomic mass is 10.1. The molecule has 0 radical (unpaired) electrons. The topological polar surface area (TPSA) is 82.0 Å². The summed E-state index contributed by atoms with van der Waals surface area (Å²) >= 11 is 7.81. The second-order valence-corrected chi connectivity index (χ2v) is 8.46. The largest absolute Gasteiger partial charge is 0.433 e. The summed E-state index contributed by atoms with van der Waals surface area (Å²) in [6.45, 7) is 0. The van der Waals surface area contributed by atoms with E-state index in [2.05, 4.69) is 16.7 Å². The van der Waals surface area contributed by atoms with Crippen molar-refractivity contribution >= 4 is 45.9 Å². The average Bonchev–Trinajstić information content (AvgIpc) is 2.76. The first-order valence-electron chi connectivity index (χ1n) is 9.64. The van der Waals surface area contributed by atoms with Crippen molar-refractivity contribution in [3.05, 3.63) is 70.6 Å². The van der Waals surface area contributed by atoms with Gasteiger partial charge >= 0.3 is 6.18 Å². The number of pyridine rings is 1. The van der Waals surface area contributed by atoms with E-state index < -0.39 is 17.8 Å². The van der Waals surface area contributed by atoms with Crippen molar-refractivity contribution in [2.75, 3.05) is 17.2 Å². The Hall–Kier alpha value is -2.52. The zero-order valence-corrected chi connectivity index (χ0v) is 18.5. The molecule has 1 aliphatic heterocycles. The van der Waals surface area contributed by atoms with E-state index in [1.54, 1.807) is 0 Å². The van der Waals surface area contributed by atoms with Crippen molar-refractivity contribution in [3.8, 4) is 0 Å². The van der Waals surface area contributed by atoms with Crippen LogP contribution in [0.3, 0.4) is 0 Å². The third-order valence-electron chi connectivity index (χ3n) is 4.30. The number of alkyl halides is 3. The molecule has 4 rings (SSSR count). The van der Waals surface area contributed by atoms with E-state index in [4.69, 9.17) is 23.1 Å². The molecule has 4 nitrogen and oxygen atoms in total. The highest BCUT2D eigenvalue weighted by atomic mass is 35.5. The number of hydrogen-bond acceptors (Lipinski definition) is 4. The fourth-order valence-electron chi connectivity index (χ4n) is 2.67. The molecule has 0 saturated carbocycles. The van der Waals surface area contributed by atoms with Crippen LogP contribution in [0.1, 0.15) is 35.3 Å². The van der Waals surface area contributed by atoms with Crippen molar-refractivity contribution in [2.45, 2.75) is 25.4 Å². The maximum absolute atomic E-state index is 12.4. The molecule has 32 heavy (non-hydrogen) atoms. The number of hydrogen-bond donors (Lipinski definition) is 2. The van der Waals surface area contributed by atoms with Gasteiger partial charge in [-0.1, -0.05) is 18.0 Å². The van der Waals surface area contributed by atoms with Crippen molar-refractivity contribution in [2.24, 2.45) is 5.73 Å². The molecule has 3 aromatic rings. The number of primary amides is 1.